The molecular formula is C18H34N2O2. The summed E-state index contributed by atoms with van der Waals surface area (Å²) in [7, 11) is 0. The molecule has 1 N–H and O–H groups in total. The Hall–Kier alpha value is -0.770. The van der Waals surface area contributed by atoms with Crippen molar-refractivity contribution < 1.29 is 9.53 Å². The van der Waals surface area contributed by atoms with Gasteiger partial charge in [0.25, 0.3) is 0 Å². The Morgan fingerprint density at radius 1 is 1.18 bits per heavy atom. The van der Waals surface area contributed by atoms with E-state index in [0.717, 1.165) is 38.4 Å². The molecule has 2 rings (SSSR count). The van der Waals surface area contributed by atoms with Gasteiger partial charge in [0.1, 0.15) is 5.60 Å². The Balaban J connectivity index is 1.74. The van der Waals surface area contributed by atoms with E-state index in [-0.39, 0.29) is 11.6 Å². The zero-order chi connectivity index (χ0) is 16.2. The van der Waals surface area contributed by atoms with Gasteiger partial charge < -0.3 is 15.0 Å². The molecule has 0 aromatic heterocycles. The number of piperidine rings is 1. The summed E-state index contributed by atoms with van der Waals surface area (Å²) in [5.41, 5.74) is -0.229. The third-order valence-corrected chi connectivity index (χ3v) is 5.06. The summed E-state index contributed by atoms with van der Waals surface area (Å²) in [4.78, 5) is 14.0. The Bertz CT molecular complexity index is 362. The molecule has 1 saturated heterocycles. The molecule has 2 aliphatic rings. The minimum Gasteiger partial charge on any atom is -0.444 e. The number of rotatable bonds is 3. The fraction of sp³-hybridized carbons (Fsp3) is 0.944. The highest BCUT2D eigenvalue weighted by Crippen LogP contribution is 2.26. The number of nitrogens with zero attached hydrogens (tertiary/aromatic N) is 1. The van der Waals surface area contributed by atoms with Crippen LogP contribution in [0, 0.1) is 5.92 Å². The molecule has 4 nitrogen and oxygen atoms in total. The van der Waals surface area contributed by atoms with Crippen LogP contribution in [0.15, 0.2) is 0 Å². The molecule has 2 fully saturated rings. The number of carbonyl (C=O) groups is 1. The minimum atomic E-state index is -0.406. The molecular weight excluding hydrogens is 276 g/mol. The highest BCUT2D eigenvalue weighted by Gasteiger charge is 2.33. The normalized spacial score (nSPS) is 23.4. The molecule has 0 bridgehead atoms. The number of nitrogens with one attached hydrogen (secondary N) is 1. The smallest absolute Gasteiger partial charge is 0.410 e. The van der Waals surface area contributed by atoms with Crippen molar-refractivity contribution in [1.29, 1.82) is 0 Å². The largest absolute Gasteiger partial charge is 0.444 e. The number of hydrogen-bond acceptors (Lipinski definition) is 3. The molecule has 0 aromatic carbocycles. The quantitative estimate of drug-likeness (QED) is 0.858. The Morgan fingerprint density at radius 3 is 2.32 bits per heavy atom. The number of amides is 1. The fourth-order valence-corrected chi connectivity index (χ4v) is 3.47. The minimum absolute atomic E-state index is 0.165. The summed E-state index contributed by atoms with van der Waals surface area (Å²) in [5.74, 6) is 0.856. The average Bonchev–Trinajstić information content (AvgIpc) is 2.45. The summed E-state index contributed by atoms with van der Waals surface area (Å²) < 4.78 is 5.47. The maximum Gasteiger partial charge on any atom is 0.410 e. The Kier molecular flexibility index (Phi) is 5.76. The lowest BCUT2D eigenvalue weighted by Gasteiger charge is -2.41. The van der Waals surface area contributed by atoms with Crippen LogP contribution in [0.5, 0.6) is 0 Å². The Morgan fingerprint density at radius 2 is 1.77 bits per heavy atom. The van der Waals surface area contributed by atoms with Crippen molar-refractivity contribution in [1.82, 2.24) is 10.2 Å². The van der Waals surface area contributed by atoms with Gasteiger partial charge in [0.15, 0.2) is 0 Å². The van der Waals surface area contributed by atoms with Crippen LogP contribution in [0.25, 0.3) is 0 Å². The van der Waals surface area contributed by atoms with E-state index in [1.165, 1.54) is 32.1 Å². The molecule has 4 heteroatoms. The van der Waals surface area contributed by atoms with Gasteiger partial charge in [-0.2, -0.15) is 0 Å². The lowest BCUT2D eigenvalue weighted by molar-refractivity contribution is 0.0155. The first-order valence-electron chi connectivity index (χ1n) is 9.00. The summed E-state index contributed by atoms with van der Waals surface area (Å²) in [5, 5.41) is 3.80. The van der Waals surface area contributed by atoms with Crippen molar-refractivity contribution in [3.63, 3.8) is 0 Å². The predicted molar refractivity (Wildman–Crippen MR) is 90.0 cm³/mol. The van der Waals surface area contributed by atoms with E-state index >= 15 is 0 Å². The maximum absolute atomic E-state index is 12.1. The lowest BCUT2D eigenvalue weighted by Crippen LogP contribution is -2.54. The van der Waals surface area contributed by atoms with Gasteiger partial charge in [0, 0.05) is 18.6 Å². The van der Waals surface area contributed by atoms with Gasteiger partial charge in [0.05, 0.1) is 0 Å². The Labute approximate surface area is 136 Å². The van der Waals surface area contributed by atoms with Crippen LogP contribution < -0.4 is 5.32 Å². The number of hydrogen-bond donors (Lipinski definition) is 1. The molecule has 1 amide bonds. The third kappa shape index (κ3) is 5.45. The van der Waals surface area contributed by atoms with E-state index in [1.54, 1.807) is 0 Å². The van der Waals surface area contributed by atoms with Gasteiger partial charge in [-0.15, -0.1) is 0 Å². The van der Waals surface area contributed by atoms with Crippen LogP contribution in [-0.4, -0.2) is 41.8 Å². The van der Waals surface area contributed by atoms with Crippen LogP contribution in [0.4, 0.5) is 4.79 Å². The fourth-order valence-electron chi connectivity index (χ4n) is 3.47. The molecule has 0 unspecified atom stereocenters. The highest BCUT2D eigenvalue weighted by molar-refractivity contribution is 5.68. The molecule has 128 valence electrons. The highest BCUT2D eigenvalue weighted by atomic mass is 16.6. The van der Waals surface area contributed by atoms with Gasteiger partial charge in [-0.1, -0.05) is 19.3 Å². The first-order chi connectivity index (χ1) is 10.3. The van der Waals surface area contributed by atoms with Crippen molar-refractivity contribution in [2.24, 2.45) is 5.92 Å². The molecule has 1 aliphatic carbocycles. The molecule has 1 aliphatic heterocycles. The molecule has 0 aromatic rings. The van der Waals surface area contributed by atoms with Crippen LogP contribution >= 0.6 is 0 Å². The lowest BCUT2D eigenvalue weighted by atomic mass is 9.86. The van der Waals surface area contributed by atoms with E-state index < -0.39 is 5.60 Å². The van der Waals surface area contributed by atoms with Gasteiger partial charge in [-0.05, 0) is 65.8 Å². The van der Waals surface area contributed by atoms with Gasteiger partial charge >= 0.3 is 6.09 Å². The van der Waals surface area contributed by atoms with Crippen LogP contribution in [0.3, 0.4) is 0 Å². The summed E-state index contributed by atoms with van der Waals surface area (Å²) in [6.07, 6.45) is 8.84. The van der Waals surface area contributed by atoms with Crippen LogP contribution in [0.2, 0.25) is 0 Å². The van der Waals surface area contributed by atoms with Crippen LogP contribution in [-0.2, 0) is 4.74 Å². The molecule has 0 atom stereocenters. The standard InChI is InChI=1S/C18H34N2O2/c1-17(2,3)22-16(21)20-12-10-18(4,11-13-20)19-14-15-8-6-5-7-9-15/h15,19H,5-14H2,1-4H3. The monoisotopic (exact) mass is 310 g/mol. The summed E-state index contributed by atoms with van der Waals surface area (Å²) in [6, 6.07) is 0. The van der Waals surface area contributed by atoms with E-state index in [2.05, 4.69) is 12.2 Å². The second-order valence-corrected chi connectivity index (χ2v) is 8.41. The average molecular weight is 310 g/mol. The van der Waals surface area contributed by atoms with Crippen molar-refractivity contribution in [3.05, 3.63) is 0 Å². The summed E-state index contributed by atoms with van der Waals surface area (Å²) in [6.45, 7) is 10.8. The third-order valence-electron chi connectivity index (χ3n) is 5.06. The first kappa shape index (κ1) is 17.6. The number of ether oxygens (including phenoxy) is 1. The van der Waals surface area contributed by atoms with Crippen molar-refractivity contribution in [2.45, 2.75) is 83.8 Å². The molecule has 0 spiro atoms. The molecule has 1 heterocycles. The molecule has 22 heavy (non-hydrogen) atoms. The van der Waals surface area contributed by atoms with E-state index in [0.29, 0.717) is 0 Å². The maximum atomic E-state index is 12.1. The van der Waals surface area contributed by atoms with Gasteiger partial charge in [-0.25, -0.2) is 4.79 Å². The zero-order valence-corrected chi connectivity index (χ0v) is 14.9. The second-order valence-electron chi connectivity index (χ2n) is 8.41. The van der Waals surface area contributed by atoms with Crippen molar-refractivity contribution in [3.8, 4) is 0 Å². The van der Waals surface area contributed by atoms with E-state index in [4.69, 9.17) is 4.74 Å². The van der Waals surface area contributed by atoms with Gasteiger partial charge in [-0.3, -0.25) is 0 Å². The first-order valence-corrected chi connectivity index (χ1v) is 9.00. The van der Waals surface area contributed by atoms with Crippen molar-refractivity contribution >= 4 is 6.09 Å². The predicted octanol–water partition coefficient (Wildman–Crippen LogP) is 3.95. The molecule has 0 radical (unpaired) electrons. The van der Waals surface area contributed by atoms with E-state index in [9.17, 15) is 4.79 Å². The topological polar surface area (TPSA) is 41.6 Å². The summed E-state index contributed by atoms with van der Waals surface area (Å²) >= 11 is 0. The molecule has 1 saturated carbocycles. The number of carbonyl (C=O) groups excluding carboxylic acids is 1. The number of likely N-dealkylation sites (tertiary alicyclic amines) is 1. The SMILES string of the molecule is CC1(NCC2CCCCC2)CCN(C(=O)OC(C)(C)C)CC1. The van der Waals surface area contributed by atoms with Gasteiger partial charge in [0.2, 0.25) is 0 Å². The van der Waals surface area contributed by atoms with E-state index in [1.807, 2.05) is 25.7 Å². The van der Waals surface area contributed by atoms with Crippen LogP contribution in [0.1, 0.15) is 72.6 Å². The zero-order valence-electron chi connectivity index (χ0n) is 14.9. The second kappa shape index (κ2) is 7.20. The van der Waals surface area contributed by atoms with Crippen molar-refractivity contribution in [2.75, 3.05) is 19.6 Å².